The number of nitrogens with one attached hydrogen (secondary N) is 1. The van der Waals surface area contributed by atoms with E-state index >= 15 is 0 Å². The van der Waals surface area contributed by atoms with Crippen LogP contribution in [0.1, 0.15) is 19.4 Å². The minimum atomic E-state index is -0.432. The van der Waals surface area contributed by atoms with E-state index in [0.29, 0.717) is 29.2 Å². The topological polar surface area (TPSA) is 77.6 Å². The monoisotopic (exact) mass is 291 g/mol. The average Bonchev–Trinajstić information content (AvgIpc) is 2.45. The number of hydrogen-bond donors (Lipinski definition) is 1. The number of aromatic amines is 1. The molecule has 0 amide bonds. The van der Waals surface area contributed by atoms with Gasteiger partial charge in [0.25, 0.3) is 5.56 Å². The zero-order valence-corrected chi connectivity index (χ0v) is 12.2. The normalized spacial score (nSPS) is 10.4. The molecule has 0 fully saturated rings. The minimum absolute atomic E-state index is 0.0594. The second kappa shape index (κ2) is 6.30. The third kappa shape index (κ3) is 3.34. The van der Waals surface area contributed by atoms with Crippen LogP contribution in [0.2, 0.25) is 0 Å². The number of H-pyrrole nitrogens is 1. The molecule has 0 saturated heterocycles. The van der Waals surface area contributed by atoms with Crippen molar-refractivity contribution in [1.29, 1.82) is 0 Å². The number of carbonyl (C=O) groups excluding carboxylic acids is 1. The van der Waals surface area contributed by atoms with Crippen LogP contribution in [0.25, 0.3) is 10.9 Å². The lowest BCUT2D eigenvalue weighted by Crippen LogP contribution is -2.14. The predicted molar refractivity (Wildman–Crippen MR) is 77.8 cm³/mol. The lowest BCUT2D eigenvalue weighted by atomic mass is 10.1. The van der Waals surface area contributed by atoms with Gasteiger partial charge in [0.1, 0.15) is 6.61 Å². The van der Waals surface area contributed by atoms with Gasteiger partial charge in [-0.3, -0.25) is 9.59 Å². The summed E-state index contributed by atoms with van der Waals surface area (Å²) in [7, 11) is 1.55. The van der Waals surface area contributed by atoms with Gasteiger partial charge < -0.3 is 19.2 Å². The van der Waals surface area contributed by atoms with Crippen molar-refractivity contribution in [3.05, 3.63) is 34.1 Å². The van der Waals surface area contributed by atoms with Crippen molar-refractivity contribution in [3.63, 3.8) is 0 Å². The van der Waals surface area contributed by atoms with Gasteiger partial charge in [-0.05, 0) is 19.1 Å². The lowest BCUT2D eigenvalue weighted by Gasteiger charge is -2.11. The van der Waals surface area contributed by atoms with Crippen molar-refractivity contribution in [3.8, 4) is 11.5 Å². The molecule has 1 aromatic carbocycles. The van der Waals surface area contributed by atoms with Crippen molar-refractivity contribution in [2.75, 3.05) is 13.7 Å². The number of pyridine rings is 1. The van der Waals surface area contributed by atoms with E-state index in [4.69, 9.17) is 14.2 Å². The van der Waals surface area contributed by atoms with E-state index in [1.54, 1.807) is 25.3 Å². The van der Waals surface area contributed by atoms with Gasteiger partial charge in [0.2, 0.25) is 0 Å². The van der Waals surface area contributed by atoms with E-state index in [1.807, 2.05) is 6.92 Å². The van der Waals surface area contributed by atoms with Gasteiger partial charge in [-0.25, -0.2) is 0 Å². The Labute approximate surface area is 121 Å². The summed E-state index contributed by atoms with van der Waals surface area (Å²) in [5.41, 5.74) is 0.719. The first-order valence-electron chi connectivity index (χ1n) is 6.55. The SMILES string of the molecule is CCOc1cc2[nH]c(=O)c(COC(C)=O)cc2cc1OC. The Morgan fingerprint density at radius 2 is 2.00 bits per heavy atom. The van der Waals surface area contributed by atoms with Crippen LogP contribution >= 0.6 is 0 Å². The fraction of sp³-hybridized carbons (Fsp3) is 0.333. The zero-order chi connectivity index (χ0) is 15.4. The highest BCUT2D eigenvalue weighted by Crippen LogP contribution is 2.31. The van der Waals surface area contributed by atoms with Crippen LogP contribution < -0.4 is 15.0 Å². The quantitative estimate of drug-likeness (QED) is 0.852. The molecule has 0 aliphatic carbocycles. The predicted octanol–water partition coefficient (Wildman–Crippen LogP) is 2.00. The first kappa shape index (κ1) is 14.9. The molecule has 0 bridgehead atoms. The maximum Gasteiger partial charge on any atom is 0.302 e. The number of hydrogen-bond acceptors (Lipinski definition) is 5. The molecule has 6 nitrogen and oxygen atoms in total. The Bertz CT molecular complexity index is 720. The van der Waals surface area contributed by atoms with Crippen molar-refractivity contribution < 1.29 is 19.0 Å². The van der Waals surface area contributed by atoms with E-state index in [9.17, 15) is 9.59 Å². The zero-order valence-electron chi connectivity index (χ0n) is 12.2. The number of rotatable bonds is 5. The Kier molecular flexibility index (Phi) is 4.47. The smallest absolute Gasteiger partial charge is 0.302 e. The molecule has 1 N–H and O–H groups in total. The Morgan fingerprint density at radius 3 is 2.62 bits per heavy atom. The molecule has 2 rings (SSSR count). The number of carbonyl (C=O) groups is 1. The maximum absolute atomic E-state index is 12.0. The van der Waals surface area contributed by atoms with Crippen LogP contribution in [0.15, 0.2) is 23.0 Å². The molecule has 0 spiro atoms. The summed E-state index contributed by atoms with van der Waals surface area (Å²) < 4.78 is 15.6. The largest absolute Gasteiger partial charge is 0.493 e. The van der Waals surface area contributed by atoms with Gasteiger partial charge in [-0.15, -0.1) is 0 Å². The Morgan fingerprint density at radius 1 is 1.24 bits per heavy atom. The van der Waals surface area contributed by atoms with E-state index in [2.05, 4.69) is 4.98 Å². The first-order valence-corrected chi connectivity index (χ1v) is 6.55. The molecule has 6 heteroatoms. The van der Waals surface area contributed by atoms with Crippen LogP contribution in [-0.2, 0) is 16.1 Å². The van der Waals surface area contributed by atoms with Gasteiger partial charge in [0, 0.05) is 18.4 Å². The number of benzene rings is 1. The number of fused-ring (bicyclic) bond motifs is 1. The van der Waals surface area contributed by atoms with Crippen LogP contribution in [-0.4, -0.2) is 24.7 Å². The fourth-order valence-electron chi connectivity index (χ4n) is 1.97. The summed E-state index contributed by atoms with van der Waals surface area (Å²) in [6.07, 6.45) is 0. The third-order valence-corrected chi connectivity index (χ3v) is 2.94. The van der Waals surface area contributed by atoms with Crippen molar-refractivity contribution in [2.45, 2.75) is 20.5 Å². The minimum Gasteiger partial charge on any atom is -0.493 e. The molecular formula is C15H17NO5. The van der Waals surface area contributed by atoms with Crippen LogP contribution in [0.5, 0.6) is 11.5 Å². The molecule has 21 heavy (non-hydrogen) atoms. The second-order valence-corrected chi connectivity index (χ2v) is 4.43. The highest BCUT2D eigenvalue weighted by molar-refractivity contribution is 5.83. The van der Waals surface area contributed by atoms with Gasteiger partial charge in [-0.2, -0.15) is 0 Å². The number of aromatic nitrogens is 1. The van der Waals surface area contributed by atoms with Crippen molar-refractivity contribution in [2.24, 2.45) is 0 Å². The van der Waals surface area contributed by atoms with Gasteiger partial charge in [-0.1, -0.05) is 0 Å². The first-order chi connectivity index (χ1) is 10.0. The molecule has 0 aliphatic heterocycles. The molecule has 0 atom stereocenters. The van der Waals surface area contributed by atoms with Crippen molar-refractivity contribution in [1.82, 2.24) is 4.98 Å². The van der Waals surface area contributed by atoms with Crippen LogP contribution in [0.3, 0.4) is 0 Å². The van der Waals surface area contributed by atoms with Crippen molar-refractivity contribution >= 4 is 16.9 Å². The summed E-state index contributed by atoms with van der Waals surface area (Å²) >= 11 is 0. The van der Waals surface area contributed by atoms with E-state index < -0.39 is 5.97 Å². The molecule has 112 valence electrons. The standard InChI is InChI=1S/C15H17NO5/c1-4-20-14-7-12-10(6-13(14)19-3)5-11(15(18)16-12)8-21-9(2)17/h5-7H,4,8H2,1-3H3,(H,16,18). The molecule has 0 unspecified atom stereocenters. The van der Waals surface area contributed by atoms with E-state index in [-0.39, 0.29) is 12.2 Å². The summed E-state index contributed by atoms with van der Waals surface area (Å²) in [5.74, 6) is 0.712. The second-order valence-electron chi connectivity index (χ2n) is 4.43. The Hall–Kier alpha value is -2.50. The molecule has 0 aliphatic rings. The fourth-order valence-corrected chi connectivity index (χ4v) is 1.97. The molecule has 1 aromatic heterocycles. The van der Waals surface area contributed by atoms with Gasteiger partial charge >= 0.3 is 5.97 Å². The molecule has 2 aromatic rings. The maximum atomic E-state index is 12.0. The molecular weight excluding hydrogens is 274 g/mol. The van der Waals surface area contributed by atoms with E-state index in [0.717, 1.165) is 5.39 Å². The summed E-state index contributed by atoms with van der Waals surface area (Å²) in [4.78, 5) is 25.5. The Balaban J connectivity index is 2.49. The summed E-state index contributed by atoms with van der Waals surface area (Å²) in [6, 6.07) is 5.16. The lowest BCUT2D eigenvalue weighted by molar-refractivity contribution is -0.142. The van der Waals surface area contributed by atoms with Gasteiger partial charge in [0.05, 0.1) is 24.8 Å². The van der Waals surface area contributed by atoms with Gasteiger partial charge in [0.15, 0.2) is 11.5 Å². The number of ether oxygens (including phenoxy) is 3. The average molecular weight is 291 g/mol. The molecule has 0 saturated carbocycles. The highest BCUT2D eigenvalue weighted by atomic mass is 16.5. The highest BCUT2D eigenvalue weighted by Gasteiger charge is 2.10. The molecule has 0 radical (unpaired) electrons. The number of methoxy groups -OCH3 is 1. The van der Waals surface area contributed by atoms with E-state index in [1.165, 1.54) is 6.92 Å². The summed E-state index contributed by atoms with van der Waals surface area (Å²) in [5, 5.41) is 0.775. The van der Waals surface area contributed by atoms with Crippen LogP contribution in [0, 0.1) is 0 Å². The van der Waals surface area contributed by atoms with Crippen LogP contribution in [0.4, 0.5) is 0 Å². The third-order valence-electron chi connectivity index (χ3n) is 2.94. The number of esters is 1. The molecule has 1 heterocycles. The summed E-state index contributed by atoms with van der Waals surface area (Å²) in [6.45, 7) is 3.61.